The Hall–Kier alpha value is -0.860. The van der Waals surface area contributed by atoms with Crippen LogP contribution in [0.25, 0.3) is 0 Å². The molecule has 1 aromatic rings. The zero-order valence-electron chi connectivity index (χ0n) is 8.74. The third-order valence-corrected chi connectivity index (χ3v) is 2.28. The molecule has 0 fully saturated rings. The van der Waals surface area contributed by atoms with Gasteiger partial charge in [-0.15, -0.1) is 0 Å². The van der Waals surface area contributed by atoms with Crippen molar-refractivity contribution in [2.75, 3.05) is 6.54 Å². The maximum absolute atomic E-state index is 9.33. The largest absolute Gasteiger partial charge is 0.393 e. The summed E-state index contributed by atoms with van der Waals surface area (Å²) in [6.07, 6.45) is 2.49. The molecule has 0 aliphatic rings. The Morgan fingerprint density at radius 3 is 2.50 bits per heavy atom. The first kappa shape index (κ1) is 11.2. The fourth-order valence-electron chi connectivity index (χ4n) is 1.61. The minimum absolute atomic E-state index is 0.269. The highest BCUT2D eigenvalue weighted by molar-refractivity contribution is 5.27. The summed E-state index contributed by atoms with van der Waals surface area (Å²) in [5, 5.41) is 9.33. The van der Waals surface area contributed by atoms with Gasteiger partial charge in [-0.3, -0.25) is 0 Å². The topological polar surface area (TPSA) is 46.2 Å². The van der Waals surface area contributed by atoms with Gasteiger partial charge in [0.15, 0.2) is 0 Å². The van der Waals surface area contributed by atoms with Crippen molar-refractivity contribution < 1.29 is 5.11 Å². The molecule has 0 heterocycles. The zero-order valence-corrected chi connectivity index (χ0v) is 8.74. The fraction of sp³-hybridized carbons (Fsp3) is 0.500. The second-order valence-corrected chi connectivity index (χ2v) is 3.71. The number of hydrogen-bond acceptors (Lipinski definition) is 2. The summed E-state index contributed by atoms with van der Waals surface area (Å²) < 4.78 is 0. The van der Waals surface area contributed by atoms with E-state index < -0.39 is 0 Å². The molecule has 0 saturated heterocycles. The predicted molar refractivity (Wildman–Crippen MR) is 59.2 cm³/mol. The standard InChI is InChI=1S/C12H19NO/c1-10(14)9-12-6-3-2-5-11(12)7-4-8-13/h2-3,5-6,10,14H,4,7-9,13H2,1H3. The van der Waals surface area contributed by atoms with Gasteiger partial charge < -0.3 is 10.8 Å². The summed E-state index contributed by atoms with van der Waals surface area (Å²) in [7, 11) is 0. The molecule has 2 nitrogen and oxygen atoms in total. The van der Waals surface area contributed by atoms with Gasteiger partial charge in [0.2, 0.25) is 0 Å². The van der Waals surface area contributed by atoms with E-state index in [1.54, 1.807) is 0 Å². The maximum atomic E-state index is 9.33. The molecule has 0 aliphatic heterocycles. The van der Waals surface area contributed by atoms with E-state index >= 15 is 0 Å². The van der Waals surface area contributed by atoms with Crippen LogP contribution in [0, 0.1) is 0 Å². The second kappa shape index (κ2) is 5.78. The van der Waals surface area contributed by atoms with E-state index in [0.717, 1.165) is 25.8 Å². The van der Waals surface area contributed by atoms with Gasteiger partial charge in [-0.2, -0.15) is 0 Å². The molecule has 2 heteroatoms. The first-order chi connectivity index (χ1) is 6.74. The monoisotopic (exact) mass is 193 g/mol. The Bertz CT molecular complexity index is 271. The van der Waals surface area contributed by atoms with Gasteiger partial charge in [0.05, 0.1) is 6.10 Å². The van der Waals surface area contributed by atoms with Crippen molar-refractivity contribution in [2.24, 2.45) is 5.73 Å². The molecule has 3 N–H and O–H groups in total. The third-order valence-electron chi connectivity index (χ3n) is 2.28. The number of rotatable bonds is 5. The van der Waals surface area contributed by atoms with Crippen LogP contribution in [-0.2, 0) is 12.8 Å². The van der Waals surface area contributed by atoms with Gasteiger partial charge in [-0.05, 0) is 43.9 Å². The second-order valence-electron chi connectivity index (χ2n) is 3.71. The van der Waals surface area contributed by atoms with Crippen LogP contribution in [0.1, 0.15) is 24.5 Å². The molecule has 0 amide bonds. The minimum Gasteiger partial charge on any atom is -0.393 e. The molecular weight excluding hydrogens is 174 g/mol. The van der Waals surface area contributed by atoms with Crippen LogP contribution in [0.15, 0.2) is 24.3 Å². The number of nitrogens with two attached hydrogens (primary N) is 1. The van der Waals surface area contributed by atoms with Gasteiger partial charge in [0.25, 0.3) is 0 Å². The molecule has 0 aliphatic carbocycles. The van der Waals surface area contributed by atoms with Gasteiger partial charge in [-0.1, -0.05) is 24.3 Å². The Labute approximate surface area is 85.8 Å². The fourth-order valence-corrected chi connectivity index (χ4v) is 1.61. The summed E-state index contributed by atoms with van der Waals surface area (Å²) >= 11 is 0. The molecule has 1 rings (SSSR count). The lowest BCUT2D eigenvalue weighted by Gasteiger charge is -2.10. The van der Waals surface area contributed by atoms with Crippen molar-refractivity contribution in [1.29, 1.82) is 0 Å². The average Bonchev–Trinajstić information content (AvgIpc) is 2.16. The lowest BCUT2D eigenvalue weighted by atomic mass is 9.99. The van der Waals surface area contributed by atoms with Crippen LogP contribution >= 0.6 is 0 Å². The highest BCUT2D eigenvalue weighted by Gasteiger charge is 2.04. The number of benzene rings is 1. The van der Waals surface area contributed by atoms with Crippen LogP contribution in [0.3, 0.4) is 0 Å². The van der Waals surface area contributed by atoms with Crippen molar-refractivity contribution in [3.05, 3.63) is 35.4 Å². The maximum Gasteiger partial charge on any atom is 0.0552 e. The Balaban J connectivity index is 2.69. The smallest absolute Gasteiger partial charge is 0.0552 e. The van der Waals surface area contributed by atoms with E-state index in [4.69, 9.17) is 5.73 Å². The highest BCUT2D eigenvalue weighted by Crippen LogP contribution is 2.12. The van der Waals surface area contributed by atoms with Gasteiger partial charge in [-0.25, -0.2) is 0 Å². The summed E-state index contributed by atoms with van der Waals surface area (Å²) in [5.41, 5.74) is 8.04. The van der Waals surface area contributed by atoms with Crippen molar-refractivity contribution in [3.8, 4) is 0 Å². The van der Waals surface area contributed by atoms with E-state index in [2.05, 4.69) is 12.1 Å². The van der Waals surface area contributed by atoms with Crippen LogP contribution in [-0.4, -0.2) is 17.8 Å². The zero-order chi connectivity index (χ0) is 10.4. The van der Waals surface area contributed by atoms with Gasteiger partial charge in [0, 0.05) is 0 Å². The summed E-state index contributed by atoms with van der Waals surface area (Å²) in [6, 6.07) is 8.26. The lowest BCUT2D eigenvalue weighted by molar-refractivity contribution is 0.195. The number of hydrogen-bond donors (Lipinski definition) is 2. The van der Waals surface area contributed by atoms with Crippen molar-refractivity contribution >= 4 is 0 Å². The van der Waals surface area contributed by atoms with Gasteiger partial charge in [0.1, 0.15) is 0 Å². The SMILES string of the molecule is CC(O)Cc1ccccc1CCCN. The third kappa shape index (κ3) is 3.48. The summed E-state index contributed by atoms with van der Waals surface area (Å²) in [6.45, 7) is 2.54. The molecule has 1 aromatic carbocycles. The normalized spacial score (nSPS) is 12.8. The van der Waals surface area contributed by atoms with E-state index in [9.17, 15) is 5.11 Å². The van der Waals surface area contributed by atoms with E-state index in [-0.39, 0.29) is 6.10 Å². The van der Waals surface area contributed by atoms with E-state index in [0.29, 0.717) is 0 Å². The van der Waals surface area contributed by atoms with Crippen LogP contribution < -0.4 is 5.73 Å². The molecule has 1 atom stereocenters. The Morgan fingerprint density at radius 1 is 1.29 bits per heavy atom. The average molecular weight is 193 g/mol. The number of aliphatic hydroxyl groups excluding tert-OH is 1. The van der Waals surface area contributed by atoms with Crippen molar-refractivity contribution in [3.63, 3.8) is 0 Å². The van der Waals surface area contributed by atoms with Gasteiger partial charge >= 0.3 is 0 Å². The summed E-state index contributed by atoms with van der Waals surface area (Å²) in [5.74, 6) is 0. The minimum atomic E-state index is -0.269. The first-order valence-electron chi connectivity index (χ1n) is 5.19. The predicted octanol–water partition coefficient (Wildman–Crippen LogP) is 1.50. The van der Waals surface area contributed by atoms with Crippen molar-refractivity contribution in [2.45, 2.75) is 32.3 Å². The molecule has 0 spiro atoms. The molecule has 14 heavy (non-hydrogen) atoms. The van der Waals surface area contributed by atoms with E-state index in [1.165, 1.54) is 11.1 Å². The molecule has 0 radical (unpaired) electrons. The molecule has 0 saturated carbocycles. The quantitative estimate of drug-likeness (QED) is 0.744. The van der Waals surface area contributed by atoms with Crippen LogP contribution in [0.2, 0.25) is 0 Å². The first-order valence-corrected chi connectivity index (χ1v) is 5.19. The lowest BCUT2D eigenvalue weighted by Crippen LogP contribution is -2.08. The molecular formula is C12H19NO. The molecule has 0 bridgehead atoms. The number of aliphatic hydroxyl groups is 1. The van der Waals surface area contributed by atoms with Crippen LogP contribution in [0.5, 0.6) is 0 Å². The summed E-state index contributed by atoms with van der Waals surface area (Å²) in [4.78, 5) is 0. The van der Waals surface area contributed by atoms with Crippen molar-refractivity contribution in [1.82, 2.24) is 0 Å². The highest BCUT2D eigenvalue weighted by atomic mass is 16.3. The number of aryl methyl sites for hydroxylation is 1. The van der Waals surface area contributed by atoms with Crippen LogP contribution in [0.4, 0.5) is 0 Å². The molecule has 78 valence electrons. The Morgan fingerprint density at radius 2 is 1.93 bits per heavy atom. The molecule has 0 aromatic heterocycles. The van der Waals surface area contributed by atoms with E-state index in [1.807, 2.05) is 19.1 Å². The molecule has 1 unspecified atom stereocenters. The Kier molecular flexibility index (Phi) is 4.63.